The van der Waals surface area contributed by atoms with E-state index >= 15 is 0 Å². The molecule has 0 heterocycles. The van der Waals surface area contributed by atoms with E-state index in [-0.39, 0.29) is 9.79 Å². The van der Waals surface area contributed by atoms with Gasteiger partial charge in [0.15, 0.2) is 8.32 Å². The molecule has 0 aliphatic rings. The highest BCUT2D eigenvalue weighted by atomic mass is 32.2. The Labute approximate surface area is 123 Å². The summed E-state index contributed by atoms with van der Waals surface area (Å²) in [6, 6.07) is 0. The lowest BCUT2D eigenvalue weighted by Crippen LogP contribution is -2.41. The van der Waals surface area contributed by atoms with Crippen molar-refractivity contribution in [3.63, 3.8) is 0 Å². The third-order valence-corrected chi connectivity index (χ3v) is 9.56. The zero-order chi connectivity index (χ0) is 15.5. The average Bonchev–Trinajstić information content (AvgIpc) is 2.13. The lowest BCUT2D eigenvalue weighted by atomic mass is 10.2. The van der Waals surface area contributed by atoms with Gasteiger partial charge >= 0.3 is 0 Å². The number of rotatable bonds is 5. The first kappa shape index (κ1) is 19.0. The van der Waals surface area contributed by atoms with Crippen molar-refractivity contribution in [2.75, 3.05) is 6.61 Å². The van der Waals surface area contributed by atoms with Gasteiger partial charge in [-0.05, 0) is 45.8 Å². The Morgan fingerprint density at radius 3 is 2.00 bits per heavy atom. The highest BCUT2D eigenvalue weighted by molar-refractivity contribution is 7.85. The van der Waals surface area contributed by atoms with Crippen molar-refractivity contribution in [1.82, 2.24) is 0 Å². The van der Waals surface area contributed by atoms with Crippen LogP contribution in [0.3, 0.4) is 0 Å². The van der Waals surface area contributed by atoms with Gasteiger partial charge in [0.05, 0.1) is 4.75 Å². The molecule has 0 amide bonds. The molecule has 19 heavy (non-hydrogen) atoms. The summed E-state index contributed by atoms with van der Waals surface area (Å²) < 4.78 is 21.9. The van der Waals surface area contributed by atoms with E-state index in [2.05, 4.69) is 38.3 Å². The van der Waals surface area contributed by atoms with Gasteiger partial charge < -0.3 is 4.43 Å². The molecule has 0 fully saturated rings. The van der Waals surface area contributed by atoms with E-state index in [1.807, 2.05) is 27.7 Å². The first-order valence-electron chi connectivity index (χ1n) is 6.87. The van der Waals surface area contributed by atoms with Crippen LogP contribution in [0.15, 0.2) is 4.40 Å². The van der Waals surface area contributed by atoms with Gasteiger partial charge in [-0.3, -0.25) is 0 Å². The molecule has 0 aliphatic heterocycles. The van der Waals surface area contributed by atoms with Crippen LogP contribution in [0.2, 0.25) is 18.1 Å². The van der Waals surface area contributed by atoms with Crippen LogP contribution in [0.25, 0.3) is 0 Å². The normalized spacial score (nSPS) is 16.6. The van der Waals surface area contributed by atoms with Gasteiger partial charge in [-0.1, -0.05) is 20.8 Å². The first-order chi connectivity index (χ1) is 8.27. The van der Waals surface area contributed by atoms with Gasteiger partial charge in [0, 0.05) is 18.7 Å². The maximum absolute atomic E-state index is 11.9. The average molecular weight is 306 g/mol. The second-order valence-corrected chi connectivity index (χ2v) is 14.3. The molecule has 0 aromatic heterocycles. The second kappa shape index (κ2) is 6.63. The van der Waals surface area contributed by atoms with E-state index in [0.29, 0.717) is 6.61 Å². The Morgan fingerprint density at radius 1 is 1.16 bits per heavy atom. The maximum atomic E-state index is 11.9. The summed E-state index contributed by atoms with van der Waals surface area (Å²) in [4.78, 5) is 0. The molecule has 1 atom stereocenters. The summed E-state index contributed by atoms with van der Waals surface area (Å²) in [5.74, 6) is 0. The minimum Gasteiger partial charge on any atom is -0.416 e. The molecule has 0 bridgehead atoms. The Hall–Kier alpha value is -0.00312. The van der Waals surface area contributed by atoms with Crippen LogP contribution in [0, 0.1) is 0 Å². The molecule has 114 valence electrons. The molecule has 0 N–H and O–H groups in total. The number of nitrogens with zero attached hydrogens (tertiary/aromatic N) is 1. The van der Waals surface area contributed by atoms with Crippen LogP contribution in [-0.4, -0.2) is 29.6 Å². The van der Waals surface area contributed by atoms with Gasteiger partial charge in [-0.25, -0.2) is 4.21 Å². The van der Waals surface area contributed by atoms with Gasteiger partial charge in [0.1, 0.15) is 11.0 Å². The van der Waals surface area contributed by atoms with Crippen LogP contribution < -0.4 is 0 Å². The molecule has 0 unspecified atom stereocenters. The van der Waals surface area contributed by atoms with Crippen LogP contribution in [0.1, 0.15) is 54.9 Å². The van der Waals surface area contributed by atoms with E-state index in [0.717, 1.165) is 12.1 Å². The minimum absolute atomic E-state index is 0.228. The summed E-state index contributed by atoms with van der Waals surface area (Å²) in [5, 5.41) is 0.228. The minimum atomic E-state index is -1.68. The monoisotopic (exact) mass is 305 g/mol. The van der Waals surface area contributed by atoms with Gasteiger partial charge in [-0.2, -0.15) is 4.40 Å². The summed E-state index contributed by atoms with van der Waals surface area (Å²) in [5.41, 5.74) is 0.909. The molecule has 0 rings (SSSR count). The third kappa shape index (κ3) is 6.81. The van der Waals surface area contributed by atoms with Crippen molar-refractivity contribution in [2.24, 2.45) is 4.40 Å². The van der Waals surface area contributed by atoms with E-state index in [1.54, 1.807) is 0 Å². The largest absolute Gasteiger partial charge is 0.416 e. The summed E-state index contributed by atoms with van der Waals surface area (Å²) in [6.45, 7) is 19.6. The third-order valence-electron chi connectivity index (χ3n) is 3.50. The lowest BCUT2D eigenvalue weighted by Gasteiger charge is -2.36. The molecular weight excluding hydrogens is 274 g/mol. The highest BCUT2D eigenvalue weighted by Gasteiger charge is 2.36. The predicted molar refractivity (Wildman–Crippen MR) is 88.8 cm³/mol. The molecule has 0 aliphatic carbocycles. The number of hydrogen-bond donors (Lipinski definition) is 0. The second-order valence-electron chi connectivity index (χ2n) is 7.55. The smallest absolute Gasteiger partial charge is 0.191 e. The van der Waals surface area contributed by atoms with Crippen molar-refractivity contribution in [3.8, 4) is 0 Å². The topological polar surface area (TPSA) is 38.7 Å². The molecule has 0 saturated heterocycles. The molecule has 5 heteroatoms. The molecule has 0 aromatic carbocycles. The highest BCUT2D eigenvalue weighted by Crippen LogP contribution is 2.36. The lowest BCUT2D eigenvalue weighted by molar-refractivity contribution is 0.298. The van der Waals surface area contributed by atoms with Crippen molar-refractivity contribution in [1.29, 1.82) is 0 Å². The first-order valence-corrected chi connectivity index (χ1v) is 10.9. The Bertz CT molecular complexity index is 351. The molecule has 3 nitrogen and oxygen atoms in total. The molecule has 0 saturated carbocycles. The predicted octanol–water partition coefficient (Wildman–Crippen LogP) is 4.32. The van der Waals surface area contributed by atoms with Crippen molar-refractivity contribution in [3.05, 3.63) is 0 Å². The fourth-order valence-corrected chi connectivity index (χ4v) is 2.69. The Balaban J connectivity index is 4.38. The van der Waals surface area contributed by atoms with Crippen LogP contribution >= 0.6 is 0 Å². The van der Waals surface area contributed by atoms with E-state index in [1.165, 1.54) is 0 Å². The summed E-state index contributed by atoms with van der Waals surface area (Å²) in [7, 11) is -2.84. The molecular formula is C14H31NO2SSi. The van der Waals surface area contributed by atoms with Gasteiger partial charge in [0.25, 0.3) is 0 Å². The standard InChI is InChI=1S/C14H31NO2SSi/c1-12(15-18(16)13(2,3)4)10-11-17-19(8,9)14(5,6)7/h10-11H2,1-9H3/b15-12+/t18-/m1/s1. The van der Waals surface area contributed by atoms with E-state index < -0.39 is 19.3 Å². The van der Waals surface area contributed by atoms with Crippen LogP contribution in [0.4, 0.5) is 0 Å². The zero-order valence-corrected chi connectivity index (χ0v) is 15.9. The Kier molecular flexibility index (Phi) is 6.63. The van der Waals surface area contributed by atoms with Crippen LogP contribution in [0.5, 0.6) is 0 Å². The molecule has 0 spiro atoms. The summed E-state index contributed by atoms with van der Waals surface area (Å²) >= 11 is 0. The van der Waals surface area contributed by atoms with E-state index in [4.69, 9.17) is 4.43 Å². The fourth-order valence-electron chi connectivity index (χ4n) is 0.995. The summed E-state index contributed by atoms with van der Waals surface area (Å²) in [6.07, 6.45) is 0.758. The van der Waals surface area contributed by atoms with Crippen molar-refractivity contribution in [2.45, 2.75) is 77.8 Å². The SMILES string of the molecule is C/C(CCO[Si](C)(C)C(C)(C)C)=N\[S@](=O)C(C)(C)C. The quantitative estimate of drug-likeness (QED) is 0.560. The molecule has 0 aromatic rings. The van der Waals surface area contributed by atoms with Gasteiger partial charge in [-0.15, -0.1) is 0 Å². The van der Waals surface area contributed by atoms with Crippen molar-refractivity contribution < 1.29 is 8.63 Å². The maximum Gasteiger partial charge on any atom is 0.191 e. The number of hydrogen-bond acceptors (Lipinski definition) is 2. The van der Waals surface area contributed by atoms with Gasteiger partial charge in [0.2, 0.25) is 0 Å². The Morgan fingerprint density at radius 2 is 1.63 bits per heavy atom. The fraction of sp³-hybridized carbons (Fsp3) is 0.929. The zero-order valence-electron chi connectivity index (χ0n) is 14.1. The van der Waals surface area contributed by atoms with E-state index in [9.17, 15) is 4.21 Å². The molecule has 0 radical (unpaired) electrons. The van der Waals surface area contributed by atoms with Crippen LogP contribution in [-0.2, 0) is 15.4 Å². The van der Waals surface area contributed by atoms with Crippen molar-refractivity contribution >= 4 is 25.0 Å².